The smallest absolute Gasteiger partial charge is 0.322 e. The molecule has 0 aliphatic carbocycles. The van der Waals surface area contributed by atoms with Crippen LogP contribution in [0.15, 0.2) is 12.5 Å². The summed E-state index contributed by atoms with van der Waals surface area (Å²) in [6.45, 7) is 1.79. The number of carboxylic acid groups (broad SMARTS) is 1. The number of hydrogen-bond acceptors (Lipinski definition) is 5. The third kappa shape index (κ3) is 10.7. The summed E-state index contributed by atoms with van der Waals surface area (Å²) in [4.78, 5) is 10.0. The molecule has 0 aliphatic rings. The lowest BCUT2D eigenvalue weighted by atomic mass is 10.6. The molecule has 0 radical (unpaired) electrons. The number of carboxylic acids is 1. The van der Waals surface area contributed by atoms with Gasteiger partial charge in [-0.15, -0.1) is 0 Å². The van der Waals surface area contributed by atoms with Crippen molar-refractivity contribution in [3.8, 4) is 0 Å². The molecule has 0 aliphatic heterocycles. The molecule has 0 atom stereocenters. The maximum Gasteiger partial charge on any atom is 0.322 e. The highest BCUT2D eigenvalue weighted by Crippen LogP contribution is 1.78. The summed E-state index contributed by atoms with van der Waals surface area (Å²) in [5.41, 5.74) is 5.19. The van der Waals surface area contributed by atoms with Crippen LogP contribution in [0.5, 0.6) is 0 Å². The Bertz CT molecular complexity index is 173. The van der Waals surface area contributed by atoms with Crippen LogP contribution in [0.25, 0.3) is 0 Å². The zero-order chi connectivity index (χ0) is 10.6. The van der Waals surface area contributed by atoms with E-state index in [1.54, 1.807) is 0 Å². The van der Waals surface area contributed by atoms with Gasteiger partial charge in [-0.05, 0) is 0 Å². The summed E-state index contributed by atoms with van der Waals surface area (Å²) >= 11 is 0. The van der Waals surface area contributed by atoms with Crippen LogP contribution in [-0.4, -0.2) is 44.0 Å². The number of nitrogens with two attached hydrogens (primary N) is 1. The van der Waals surface area contributed by atoms with Gasteiger partial charge in [0, 0.05) is 12.7 Å². The minimum absolute atomic E-state index is 0.121. The Labute approximate surface area is 82.7 Å². The molecule has 0 saturated heterocycles. The minimum atomic E-state index is -0.916. The van der Waals surface area contributed by atoms with E-state index in [-0.39, 0.29) is 6.54 Å². The second-order valence-corrected chi connectivity index (χ2v) is 2.35. The number of rotatable bonds is 9. The highest BCUT2D eigenvalue weighted by atomic mass is 16.5. The van der Waals surface area contributed by atoms with Crippen molar-refractivity contribution in [2.24, 2.45) is 5.73 Å². The molecule has 0 rings (SSSR count). The average Bonchev–Trinajstić information content (AvgIpc) is 2.15. The summed E-state index contributed by atoms with van der Waals surface area (Å²) in [7, 11) is 0. The van der Waals surface area contributed by atoms with E-state index in [1.807, 2.05) is 0 Å². The van der Waals surface area contributed by atoms with Crippen LogP contribution < -0.4 is 11.1 Å². The highest BCUT2D eigenvalue weighted by molar-refractivity contribution is 5.69. The van der Waals surface area contributed by atoms with Gasteiger partial charge in [-0.25, -0.2) is 0 Å². The molecule has 0 spiro atoms. The van der Waals surface area contributed by atoms with E-state index in [9.17, 15) is 4.79 Å². The number of hydrogen-bond donors (Lipinski definition) is 3. The van der Waals surface area contributed by atoms with Gasteiger partial charge in [-0.2, -0.15) is 0 Å². The first-order valence-corrected chi connectivity index (χ1v) is 4.27. The lowest BCUT2D eigenvalue weighted by molar-refractivity contribution is -0.135. The molecular weight excluding hydrogens is 188 g/mol. The Kier molecular flexibility index (Phi) is 8.92. The number of ether oxygens (including phenoxy) is 2. The first kappa shape index (κ1) is 12.7. The molecular formula is C8H16N2O4. The maximum absolute atomic E-state index is 10.0. The van der Waals surface area contributed by atoms with Gasteiger partial charge in [-0.3, -0.25) is 4.79 Å². The van der Waals surface area contributed by atoms with E-state index in [4.69, 9.17) is 20.3 Å². The first-order valence-electron chi connectivity index (χ1n) is 4.27. The van der Waals surface area contributed by atoms with Crippen molar-refractivity contribution in [3.63, 3.8) is 0 Å². The van der Waals surface area contributed by atoms with Gasteiger partial charge in [0.25, 0.3) is 0 Å². The molecule has 0 aromatic carbocycles. The molecule has 0 amide bonds. The molecule has 14 heavy (non-hydrogen) atoms. The van der Waals surface area contributed by atoms with Gasteiger partial charge < -0.3 is 25.6 Å². The van der Waals surface area contributed by atoms with Crippen LogP contribution >= 0.6 is 0 Å². The number of aliphatic carboxylic acids is 1. The largest absolute Gasteiger partial charge is 0.497 e. The molecule has 6 nitrogen and oxygen atoms in total. The van der Waals surface area contributed by atoms with Gasteiger partial charge in [0.15, 0.2) is 0 Å². The lowest BCUT2D eigenvalue weighted by Gasteiger charge is -2.01. The van der Waals surface area contributed by atoms with E-state index in [2.05, 4.69) is 5.32 Å². The predicted molar refractivity (Wildman–Crippen MR) is 50.6 cm³/mol. The molecule has 0 heterocycles. The fourth-order valence-electron chi connectivity index (χ4n) is 0.603. The van der Waals surface area contributed by atoms with Gasteiger partial charge in [0.05, 0.1) is 19.5 Å². The van der Waals surface area contributed by atoms with E-state index in [1.165, 1.54) is 12.5 Å². The second kappa shape index (κ2) is 9.82. The number of nitrogens with one attached hydrogen (secondary N) is 1. The molecule has 0 aromatic rings. The quantitative estimate of drug-likeness (QED) is 0.333. The van der Waals surface area contributed by atoms with Crippen molar-refractivity contribution < 1.29 is 19.4 Å². The zero-order valence-corrected chi connectivity index (χ0v) is 7.94. The van der Waals surface area contributed by atoms with E-state index < -0.39 is 5.97 Å². The van der Waals surface area contributed by atoms with Crippen molar-refractivity contribution in [2.75, 3.05) is 32.9 Å². The molecule has 0 fully saturated rings. The second-order valence-electron chi connectivity index (χ2n) is 2.35. The molecule has 0 saturated carbocycles. The van der Waals surface area contributed by atoms with Gasteiger partial charge in [0.1, 0.15) is 13.2 Å². The van der Waals surface area contributed by atoms with Crippen molar-refractivity contribution in [1.82, 2.24) is 5.32 Å². The highest BCUT2D eigenvalue weighted by Gasteiger charge is 1.89. The van der Waals surface area contributed by atoms with Crippen LogP contribution in [0.1, 0.15) is 0 Å². The predicted octanol–water partition coefficient (Wildman–Crippen LogP) is -0.876. The zero-order valence-electron chi connectivity index (χ0n) is 7.94. The molecule has 0 aromatic heterocycles. The first-order chi connectivity index (χ1) is 6.77. The SMILES string of the molecule is NCCOCCOC=CNCC(=O)O. The van der Waals surface area contributed by atoms with Crippen molar-refractivity contribution in [2.45, 2.75) is 0 Å². The summed E-state index contributed by atoms with van der Waals surface area (Å²) in [5, 5.41) is 10.8. The monoisotopic (exact) mass is 204 g/mol. The Morgan fingerprint density at radius 3 is 2.86 bits per heavy atom. The normalized spacial score (nSPS) is 10.4. The van der Waals surface area contributed by atoms with E-state index >= 15 is 0 Å². The Morgan fingerprint density at radius 1 is 1.43 bits per heavy atom. The van der Waals surface area contributed by atoms with E-state index in [0.29, 0.717) is 26.4 Å². The molecule has 4 N–H and O–H groups in total. The summed E-state index contributed by atoms with van der Waals surface area (Å²) < 4.78 is 9.99. The lowest BCUT2D eigenvalue weighted by Crippen LogP contribution is -2.16. The van der Waals surface area contributed by atoms with Crippen LogP contribution in [0.4, 0.5) is 0 Å². The van der Waals surface area contributed by atoms with Crippen LogP contribution in [0, 0.1) is 0 Å². The van der Waals surface area contributed by atoms with Crippen molar-refractivity contribution >= 4 is 5.97 Å². The Hall–Kier alpha value is -1.27. The van der Waals surface area contributed by atoms with Gasteiger partial charge in [-0.1, -0.05) is 0 Å². The van der Waals surface area contributed by atoms with Crippen LogP contribution in [0.2, 0.25) is 0 Å². The van der Waals surface area contributed by atoms with E-state index in [0.717, 1.165) is 0 Å². The van der Waals surface area contributed by atoms with Crippen LogP contribution in [-0.2, 0) is 14.3 Å². The maximum atomic E-state index is 10.0. The summed E-state index contributed by atoms with van der Waals surface area (Å²) in [6, 6.07) is 0. The average molecular weight is 204 g/mol. The third-order valence-electron chi connectivity index (χ3n) is 1.14. The molecule has 6 heteroatoms. The third-order valence-corrected chi connectivity index (χ3v) is 1.14. The Balaban J connectivity index is 3.07. The van der Waals surface area contributed by atoms with Gasteiger partial charge in [0.2, 0.25) is 0 Å². The Morgan fingerprint density at radius 2 is 2.21 bits per heavy atom. The summed E-state index contributed by atoms with van der Waals surface area (Å²) in [6.07, 6.45) is 2.81. The standard InChI is InChI=1S/C8H16N2O4/c9-1-3-13-5-6-14-4-2-10-7-8(11)12/h2,4,10H,1,3,5-7,9H2,(H,11,12). The number of carbonyl (C=O) groups is 1. The van der Waals surface area contributed by atoms with Crippen molar-refractivity contribution in [1.29, 1.82) is 0 Å². The molecule has 0 bridgehead atoms. The fraction of sp³-hybridized carbons (Fsp3) is 0.625. The van der Waals surface area contributed by atoms with Crippen LogP contribution in [0.3, 0.4) is 0 Å². The summed E-state index contributed by atoms with van der Waals surface area (Å²) in [5.74, 6) is -0.916. The van der Waals surface area contributed by atoms with Gasteiger partial charge >= 0.3 is 5.97 Å². The fourth-order valence-corrected chi connectivity index (χ4v) is 0.603. The molecule has 0 unspecified atom stereocenters. The van der Waals surface area contributed by atoms with Crippen molar-refractivity contribution in [3.05, 3.63) is 12.5 Å². The topological polar surface area (TPSA) is 93.8 Å². The minimum Gasteiger partial charge on any atom is -0.497 e. The molecule has 82 valence electrons.